The molecule has 18 heavy (non-hydrogen) atoms. The number of hydrogen-bond acceptors (Lipinski definition) is 4. The third-order valence-corrected chi connectivity index (χ3v) is 3.49. The topological polar surface area (TPSA) is 64.9 Å². The first kappa shape index (κ1) is 11.1. The first-order chi connectivity index (χ1) is 8.70. The number of rotatable bonds is 2. The van der Waals surface area contributed by atoms with Crippen LogP contribution >= 0.6 is 0 Å². The van der Waals surface area contributed by atoms with Gasteiger partial charge < -0.3 is 15.2 Å². The molecule has 3 rings (SSSR count). The van der Waals surface area contributed by atoms with Gasteiger partial charge in [0.25, 0.3) is 0 Å². The summed E-state index contributed by atoms with van der Waals surface area (Å²) < 4.78 is 4.16. The van der Waals surface area contributed by atoms with Crippen LogP contribution in [0.3, 0.4) is 0 Å². The molecule has 2 aromatic heterocycles. The van der Waals surface area contributed by atoms with Crippen molar-refractivity contribution < 1.29 is 0 Å². The number of hydrogen-bond donors (Lipinski definition) is 1. The lowest BCUT2D eigenvalue weighted by Gasteiger charge is -2.30. The third kappa shape index (κ3) is 1.56. The Labute approximate surface area is 106 Å². The van der Waals surface area contributed by atoms with Crippen LogP contribution in [-0.4, -0.2) is 25.9 Å². The lowest BCUT2D eigenvalue weighted by atomic mass is 10.3. The largest absolute Gasteiger partial charge is 0.394 e. The number of imidazole rings is 1. The molecule has 0 bridgehead atoms. The Hall–Kier alpha value is -1.98. The highest BCUT2D eigenvalue weighted by Gasteiger charge is 2.23. The highest BCUT2D eigenvalue weighted by Crippen LogP contribution is 2.29. The van der Waals surface area contributed by atoms with Crippen molar-refractivity contribution in [1.29, 1.82) is 0 Å². The van der Waals surface area contributed by atoms with Gasteiger partial charge in [-0.2, -0.15) is 5.10 Å². The number of nitrogen functional groups attached to an aromatic ring is 1. The van der Waals surface area contributed by atoms with Crippen LogP contribution < -0.4 is 10.6 Å². The summed E-state index contributed by atoms with van der Waals surface area (Å²) in [5.41, 5.74) is 7.85. The Morgan fingerprint density at radius 1 is 1.39 bits per heavy atom. The maximum atomic E-state index is 6.15. The van der Waals surface area contributed by atoms with Crippen LogP contribution in [0.5, 0.6) is 0 Å². The van der Waals surface area contributed by atoms with E-state index in [1.165, 1.54) is 0 Å². The molecule has 1 aliphatic heterocycles. The molecule has 1 aliphatic rings. The zero-order valence-corrected chi connectivity index (χ0v) is 10.8. The van der Waals surface area contributed by atoms with E-state index in [0.717, 1.165) is 49.2 Å². The van der Waals surface area contributed by atoms with Crippen molar-refractivity contribution in [3.63, 3.8) is 0 Å². The molecule has 6 heteroatoms. The second-order valence-electron chi connectivity index (χ2n) is 4.60. The van der Waals surface area contributed by atoms with Crippen molar-refractivity contribution in [1.82, 2.24) is 19.3 Å². The predicted molar refractivity (Wildman–Crippen MR) is 70.3 cm³/mol. The average Bonchev–Trinajstić information content (AvgIpc) is 2.94. The van der Waals surface area contributed by atoms with Crippen molar-refractivity contribution in [2.75, 3.05) is 17.2 Å². The molecule has 0 aromatic carbocycles. The van der Waals surface area contributed by atoms with Crippen molar-refractivity contribution in [2.45, 2.75) is 33.5 Å². The molecule has 0 atom stereocenters. The van der Waals surface area contributed by atoms with Gasteiger partial charge in [-0.1, -0.05) is 0 Å². The molecular weight excluding hydrogens is 228 g/mol. The van der Waals surface area contributed by atoms with E-state index in [1.807, 2.05) is 24.0 Å². The van der Waals surface area contributed by atoms with Crippen molar-refractivity contribution in [2.24, 2.45) is 0 Å². The molecule has 0 amide bonds. The van der Waals surface area contributed by atoms with E-state index in [1.54, 1.807) is 0 Å². The highest BCUT2D eigenvalue weighted by molar-refractivity contribution is 5.66. The molecule has 0 unspecified atom stereocenters. The van der Waals surface area contributed by atoms with E-state index in [-0.39, 0.29) is 0 Å². The molecule has 0 spiro atoms. The van der Waals surface area contributed by atoms with Gasteiger partial charge in [0, 0.05) is 32.0 Å². The fraction of sp³-hybridized carbons (Fsp3) is 0.500. The number of aryl methyl sites for hydroxylation is 2. The van der Waals surface area contributed by atoms with Crippen LogP contribution in [0, 0.1) is 6.92 Å². The second kappa shape index (κ2) is 4.04. The molecule has 6 nitrogen and oxygen atoms in total. The van der Waals surface area contributed by atoms with Crippen molar-refractivity contribution >= 4 is 11.5 Å². The van der Waals surface area contributed by atoms with Gasteiger partial charge in [0.15, 0.2) is 5.82 Å². The predicted octanol–water partition coefficient (Wildman–Crippen LogP) is 1.01. The average molecular weight is 246 g/mol. The Bertz CT molecular complexity index is 567. The zero-order valence-electron chi connectivity index (χ0n) is 10.8. The fourth-order valence-corrected chi connectivity index (χ4v) is 2.49. The molecule has 0 saturated carbocycles. The number of nitrogens with zero attached hydrogens (tertiary/aromatic N) is 5. The minimum Gasteiger partial charge on any atom is -0.394 e. The Balaban J connectivity index is 1.97. The first-order valence-electron chi connectivity index (χ1n) is 6.28. The lowest BCUT2D eigenvalue weighted by Crippen LogP contribution is -2.35. The lowest BCUT2D eigenvalue weighted by molar-refractivity contribution is 0.537. The van der Waals surface area contributed by atoms with Crippen molar-refractivity contribution in [3.8, 4) is 0 Å². The fourth-order valence-electron chi connectivity index (χ4n) is 2.49. The Morgan fingerprint density at radius 3 is 3.00 bits per heavy atom. The summed E-state index contributed by atoms with van der Waals surface area (Å²) in [6, 6.07) is 0. The first-order valence-corrected chi connectivity index (χ1v) is 6.28. The van der Waals surface area contributed by atoms with Crippen molar-refractivity contribution in [3.05, 3.63) is 23.9 Å². The highest BCUT2D eigenvalue weighted by atomic mass is 15.4. The summed E-state index contributed by atoms with van der Waals surface area (Å²) in [5.74, 6) is 2.12. The number of aromatic nitrogens is 4. The molecule has 3 heterocycles. The maximum absolute atomic E-state index is 6.15. The summed E-state index contributed by atoms with van der Waals surface area (Å²) in [6.07, 6.45) is 3.88. The summed E-state index contributed by atoms with van der Waals surface area (Å²) in [7, 11) is 0. The quantitative estimate of drug-likeness (QED) is 0.859. The molecule has 96 valence electrons. The van der Waals surface area contributed by atoms with E-state index in [4.69, 9.17) is 5.73 Å². The molecule has 0 fully saturated rings. The standard InChI is InChI=1S/C12H18N6/c1-3-18-12(11(13)9(2)15-18)17-7-6-16-5-4-14-10(16)8-17/h4-5H,3,6-8,13H2,1-2H3. The Kier molecular flexibility index (Phi) is 2.50. The van der Waals surface area contributed by atoms with Crippen LogP contribution in [0.1, 0.15) is 18.4 Å². The van der Waals surface area contributed by atoms with Gasteiger partial charge >= 0.3 is 0 Å². The van der Waals surface area contributed by atoms with E-state index in [0.29, 0.717) is 0 Å². The minimum atomic E-state index is 0.789. The molecule has 2 N–H and O–H groups in total. The van der Waals surface area contributed by atoms with Crippen LogP contribution in [0.25, 0.3) is 0 Å². The SMILES string of the molecule is CCn1nc(C)c(N)c1N1CCn2ccnc2C1. The normalized spacial score (nSPS) is 14.9. The van der Waals surface area contributed by atoms with Gasteiger partial charge in [0.2, 0.25) is 0 Å². The van der Waals surface area contributed by atoms with Gasteiger partial charge in [-0.25, -0.2) is 9.67 Å². The van der Waals surface area contributed by atoms with Gasteiger partial charge in [-0.15, -0.1) is 0 Å². The van der Waals surface area contributed by atoms with E-state index in [9.17, 15) is 0 Å². The smallest absolute Gasteiger partial charge is 0.151 e. The van der Waals surface area contributed by atoms with Gasteiger partial charge in [0.1, 0.15) is 5.82 Å². The number of anilines is 2. The number of fused-ring (bicyclic) bond motifs is 1. The van der Waals surface area contributed by atoms with Gasteiger partial charge in [-0.05, 0) is 13.8 Å². The minimum absolute atomic E-state index is 0.789. The summed E-state index contributed by atoms with van der Waals surface area (Å²) >= 11 is 0. The molecule has 0 saturated heterocycles. The monoisotopic (exact) mass is 246 g/mol. The molecule has 0 aliphatic carbocycles. The third-order valence-electron chi connectivity index (χ3n) is 3.49. The second-order valence-corrected chi connectivity index (χ2v) is 4.60. The summed E-state index contributed by atoms with van der Waals surface area (Å²) in [6.45, 7) is 7.55. The summed E-state index contributed by atoms with van der Waals surface area (Å²) in [5, 5.41) is 4.47. The van der Waals surface area contributed by atoms with Crippen LogP contribution in [0.2, 0.25) is 0 Å². The molecule has 2 aromatic rings. The Morgan fingerprint density at radius 2 is 2.22 bits per heavy atom. The molecular formula is C12H18N6. The van der Waals surface area contributed by atoms with E-state index < -0.39 is 0 Å². The van der Waals surface area contributed by atoms with E-state index in [2.05, 4.69) is 26.5 Å². The van der Waals surface area contributed by atoms with Gasteiger partial charge in [-0.3, -0.25) is 0 Å². The molecule has 0 radical (unpaired) electrons. The van der Waals surface area contributed by atoms with Crippen LogP contribution in [-0.2, 0) is 19.6 Å². The maximum Gasteiger partial charge on any atom is 0.151 e. The zero-order chi connectivity index (χ0) is 12.7. The van der Waals surface area contributed by atoms with Crippen LogP contribution in [0.4, 0.5) is 11.5 Å². The van der Waals surface area contributed by atoms with Gasteiger partial charge in [0.05, 0.1) is 17.9 Å². The van der Waals surface area contributed by atoms with E-state index >= 15 is 0 Å². The number of nitrogens with two attached hydrogens (primary N) is 1. The summed E-state index contributed by atoms with van der Waals surface area (Å²) in [4.78, 5) is 6.64. The van der Waals surface area contributed by atoms with Crippen LogP contribution in [0.15, 0.2) is 12.4 Å².